The van der Waals surface area contributed by atoms with Crippen molar-refractivity contribution in [1.29, 1.82) is 0 Å². The second-order valence-electron chi connectivity index (χ2n) is 9.44. The Balaban J connectivity index is 1.59. The molecule has 2 bridgehead atoms. The molecule has 3 heterocycles. The lowest BCUT2D eigenvalue weighted by Gasteiger charge is -2.61. The normalized spacial score (nSPS) is 29.7. The van der Waals surface area contributed by atoms with Crippen molar-refractivity contribution in [2.75, 3.05) is 19.6 Å². The van der Waals surface area contributed by atoms with E-state index < -0.39 is 0 Å². The SMILES string of the molecule is CC1(C)[C@H]2Cc3c(ccc4[nH]cnc34)[C@]1(C)CCN2C(=O)N1CCCCC1. The van der Waals surface area contributed by atoms with Gasteiger partial charge in [-0.05, 0) is 54.7 Å². The van der Waals surface area contributed by atoms with E-state index in [-0.39, 0.29) is 22.9 Å². The Kier molecular flexibility index (Phi) is 3.62. The van der Waals surface area contributed by atoms with Gasteiger partial charge in [0, 0.05) is 31.1 Å². The van der Waals surface area contributed by atoms with Crippen molar-refractivity contribution in [1.82, 2.24) is 19.8 Å². The van der Waals surface area contributed by atoms with Crippen molar-refractivity contribution in [3.8, 4) is 0 Å². The number of likely N-dealkylation sites (tertiary alicyclic amines) is 2. The third-order valence-corrected chi connectivity index (χ3v) is 8.04. The van der Waals surface area contributed by atoms with Crippen LogP contribution < -0.4 is 0 Å². The third-order valence-electron chi connectivity index (χ3n) is 8.04. The summed E-state index contributed by atoms with van der Waals surface area (Å²) in [5, 5.41) is 0. The van der Waals surface area contributed by atoms with E-state index in [0.717, 1.165) is 56.4 Å². The van der Waals surface area contributed by atoms with E-state index in [9.17, 15) is 4.79 Å². The van der Waals surface area contributed by atoms with E-state index in [1.54, 1.807) is 6.33 Å². The van der Waals surface area contributed by atoms with Gasteiger partial charge in [0.05, 0.1) is 17.4 Å². The average molecular weight is 367 g/mol. The molecule has 2 fully saturated rings. The first-order chi connectivity index (χ1) is 12.9. The van der Waals surface area contributed by atoms with E-state index in [0.29, 0.717) is 0 Å². The number of imidazole rings is 1. The van der Waals surface area contributed by atoms with Crippen LogP contribution in [0.4, 0.5) is 4.79 Å². The Morgan fingerprint density at radius 1 is 1.15 bits per heavy atom. The zero-order valence-electron chi connectivity index (χ0n) is 16.7. The zero-order chi connectivity index (χ0) is 18.8. The van der Waals surface area contributed by atoms with Crippen LogP contribution in [0.15, 0.2) is 18.5 Å². The minimum Gasteiger partial charge on any atom is -0.345 e. The average Bonchev–Trinajstić information content (AvgIpc) is 3.14. The quantitative estimate of drug-likeness (QED) is 0.764. The van der Waals surface area contributed by atoms with E-state index in [4.69, 9.17) is 0 Å². The second-order valence-corrected chi connectivity index (χ2v) is 9.44. The molecule has 5 heteroatoms. The maximum atomic E-state index is 13.4. The van der Waals surface area contributed by atoms with Gasteiger partial charge in [0.1, 0.15) is 0 Å². The molecular formula is C22H30N4O. The number of piperidine rings is 2. The summed E-state index contributed by atoms with van der Waals surface area (Å²) in [7, 11) is 0. The Bertz CT molecular complexity index is 895. The van der Waals surface area contributed by atoms with Crippen LogP contribution in [0.3, 0.4) is 0 Å². The Hall–Kier alpha value is -2.04. The Labute approximate surface area is 161 Å². The molecule has 2 amide bonds. The summed E-state index contributed by atoms with van der Waals surface area (Å²) < 4.78 is 0. The Morgan fingerprint density at radius 2 is 1.93 bits per heavy atom. The van der Waals surface area contributed by atoms with Crippen LogP contribution in [-0.4, -0.2) is 51.5 Å². The summed E-state index contributed by atoms with van der Waals surface area (Å²) >= 11 is 0. The predicted octanol–water partition coefficient (Wildman–Crippen LogP) is 4.08. The molecule has 144 valence electrons. The standard InChI is InChI=1S/C22H30N4O/c1-21(2)18-13-15-16(7-8-17-19(15)24-14-23-17)22(21,3)9-12-26(18)20(27)25-10-5-4-6-11-25/h7-8,14,18H,4-6,9-13H2,1-3H3,(H,23,24)/t18-,22+/m1/s1. The number of aromatic amines is 1. The molecule has 2 atom stereocenters. The van der Waals surface area contributed by atoms with Crippen LogP contribution in [0.5, 0.6) is 0 Å². The molecule has 5 nitrogen and oxygen atoms in total. The summed E-state index contributed by atoms with van der Waals surface area (Å²) in [4.78, 5) is 25.6. The summed E-state index contributed by atoms with van der Waals surface area (Å²) in [6.45, 7) is 9.83. The van der Waals surface area contributed by atoms with Gasteiger partial charge in [-0.1, -0.05) is 26.8 Å². The summed E-state index contributed by atoms with van der Waals surface area (Å²) in [6, 6.07) is 4.96. The molecule has 2 saturated heterocycles. The van der Waals surface area contributed by atoms with Crippen LogP contribution >= 0.6 is 0 Å². The van der Waals surface area contributed by atoms with Gasteiger partial charge in [0.2, 0.25) is 0 Å². The number of amides is 2. The molecule has 0 saturated carbocycles. The number of carbonyl (C=O) groups is 1. The van der Waals surface area contributed by atoms with Crippen LogP contribution in [0.1, 0.15) is 57.6 Å². The fourth-order valence-electron chi connectivity index (χ4n) is 5.91. The van der Waals surface area contributed by atoms with Gasteiger partial charge in [-0.3, -0.25) is 0 Å². The van der Waals surface area contributed by atoms with Gasteiger partial charge in [0.25, 0.3) is 0 Å². The molecule has 0 radical (unpaired) electrons. The highest BCUT2D eigenvalue weighted by Crippen LogP contribution is 2.56. The minimum absolute atomic E-state index is 0.0354. The van der Waals surface area contributed by atoms with Crippen LogP contribution in [0, 0.1) is 5.41 Å². The lowest BCUT2D eigenvalue weighted by Crippen LogP contribution is -2.66. The highest BCUT2D eigenvalue weighted by molar-refractivity contribution is 5.82. The molecule has 2 aliphatic heterocycles. The first kappa shape index (κ1) is 17.1. The van der Waals surface area contributed by atoms with Gasteiger partial charge in [-0.2, -0.15) is 0 Å². The number of urea groups is 1. The van der Waals surface area contributed by atoms with Gasteiger partial charge in [-0.15, -0.1) is 0 Å². The number of carbonyl (C=O) groups excluding carboxylic acids is 1. The molecule has 1 N–H and O–H groups in total. The van der Waals surface area contributed by atoms with Crippen LogP contribution in [-0.2, 0) is 11.8 Å². The van der Waals surface area contributed by atoms with Crippen LogP contribution in [0.2, 0.25) is 0 Å². The van der Waals surface area contributed by atoms with Crippen molar-refractivity contribution in [3.63, 3.8) is 0 Å². The number of nitrogens with zero attached hydrogens (tertiary/aromatic N) is 3. The van der Waals surface area contributed by atoms with Gasteiger partial charge < -0.3 is 14.8 Å². The highest BCUT2D eigenvalue weighted by Gasteiger charge is 2.57. The Morgan fingerprint density at radius 3 is 2.70 bits per heavy atom. The number of rotatable bonds is 0. The first-order valence-corrected chi connectivity index (χ1v) is 10.4. The van der Waals surface area contributed by atoms with E-state index >= 15 is 0 Å². The molecule has 1 aromatic heterocycles. The van der Waals surface area contributed by atoms with E-state index in [1.807, 2.05) is 0 Å². The van der Waals surface area contributed by atoms with Gasteiger partial charge in [0.15, 0.2) is 0 Å². The number of fused-ring (bicyclic) bond motifs is 6. The van der Waals surface area contributed by atoms with E-state index in [1.165, 1.54) is 17.5 Å². The molecular weight excluding hydrogens is 336 g/mol. The lowest BCUT2D eigenvalue weighted by molar-refractivity contribution is -0.0239. The molecule has 3 aliphatic rings. The maximum absolute atomic E-state index is 13.4. The summed E-state index contributed by atoms with van der Waals surface area (Å²) in [5.41, 5.74) is 5.07. The molecule has 5 rings (SSSR count). The van der Waals surface area contributed by atoms with Crippen molar-refractivity contribution < 1.29 is 4.79 Å². The zero-order valence-corrected chi connectivity index (χ0v) is 16.7. The number of hydrogen-bond donors (Lipinski definition) is 1. The largest absolute Gasteiger partial charge is 0.345 e. The molecule has 1 aromatic carbocycles. The lowest BCUT2D eigenvalue weighted by atomic mass is 9.51. The molecule has 27 heavy (non-hydrogen) atoms. The maximum Gasteiger partial charge on any atom is 0.320 e. The topological polar surface area (TPSA) is 52.2 Å². The van der Waals surface area contributed by atoms with Crippen molar-refractivity contribution >= 4 is 17.1 Å². The minimum atomic E-state index is 0.0354. The fraction of sp³-hybridized carbons (Fsp3) is 0.636. The molecule has 1 aliphatic carbocycles. The number of nitrogens with one attached hydrogen (secondary N) is 1. The molecule has 0 spiro atoms. The summed E-state index contributed by atoms with van der Waals surface area (Å²) in [6.07, 6.45) is 7.24. The monoisotopic (exact) mass is 366 g/mol. The van der Waals surface area contributed by atoms with Crippen molar-refractivity contribution in [3.05, 3.63) is 29.6 Å². The highest BCUT2D eigenvalue weighted by atomic mass is 16.2. The van der Waals surface area contributed by atoms with Crippen molar-refractivity contribution in [2.24, 2.45) is 5.41 Å². The number of hydrogen-bond acceptors (Lipinski definition) is 2. The van der Waals surface area contributed by atoms with Gasteiger partial charge in [-0.25, -0.2) is 9.78 Å². The second kappa shape index (κ2) is 5.73. The molecule has 0 unspecified atom stereocenters. The number of benzene rings is 1. The smallest absolute Gasteiger partial charge is 0.320 e. The number of aromatic nitrogens is 2. The number of H-pyrrole nitrogens is 1. The third kappa shape index (κ3) is 2.23. The van der Waals surface area contributed by atoms with Gasteiger partial charge >= 0.3 is 6.03 Å². The van der Waals surface area contributed by atoms with Crippen LogP contribution in [0.25, 0.3) is 11.0 Å². The molecule has 2 aromatic rings. The first-order valence-electron chi connectivity index (χ1n) is 10.4. The fourth-order valence-corrected chi connectivity index (χ4v) is 5.91. The van der Waals surface area contributed by atoms with Crippen molar-refractivity contribution in [2.45, 2.75) is 64.3 Å². The van der Waals surface area contributed by atoms with E-state index in [2.05, 4.69) is 52.7 Å². The predicted molar refractivity (Wildman–Crippen MR) is 107 cm³/mol. The summed E-state index contributed by atoms with van der Waals surface area (Å²) in [5.74, 6) is 0.